The average Bonchev–Trinajstić information content (AvgIpc) is 2.25. The Kier molecular flexibility index (Phi) is 4.90. The summed E-state index contributed by atoms with van der Waals surface area (Å²) in [7, 11) is 1.95. The molecule has 1 aromatic carbocycles. The third kappa shape index (κ3) is 3.29. The van der Waals surface area contributed by atoms with Crippen LogP contribution in [0, 0.1) is 0 Å². The van der Waals surface area contributed by atoms with Crippen molar-refractivity contribution in [3.05, 3.63) is 24.3 Å². The van der Waals surface area contributed by atoms with E-state index in [2.05, 4.69) is 35.8 Å². The fourth-order valence-electron chi connectivity index (χ4n) is 1.45. The number of unbranched alkanes of at least 4 members (excludes halogenated alkanes) is 2. The van der Waals surface area contributed by atoms with E-state index in [-0.39, 0.29) is 0 Å². The minimum Gasteiger partial charge on any atom is -0.386 e. The van der Waals surface area contributed by atoms with Crippen molar-refractivity contribution < 1.29 is 0 Å². The maximum absolute atomic E-state index is 3.44. The van der Waals surface area contributed by atoms with Crippen LogP contribution in [0.3, 0.4) is 0 Å². The Morgan fingerprint density at radius 3 is 2.43 bits per heavy atom. The Morgan fingerprint density at radius 2 is 1.79 bits per heavy atom. The van der Waals surface area contributed by atoms with Gasteiger partial charge in [-0.1, -0.05) is 31.9 Å². The van der Waals surface area contributed by atoms with Gasteiger partial charge < -0.3 is 10.6 Å². The van der Waals surface area contributed by atoms with Crippen molar-refractivity contribution in [2.75, 3.05) is 24.2 Å². The first-order valence-corrected chi connectivity index (χ1v) is 5.39. The summed E-state index contributed by atoms with van der Waals surface area (Å²) < 4.78 is 0. The van der Waals surface area contributed by atoms with E-state index < -0.39 is 0 Å². The lowest BCUT2D eigenvalue weighted by atomic mass is 10.2. The largest absolute Gasteiger partial charge is 0.386 e. The Bertz CT molecular complexity index is 258. The molecule has 0 aliphatic carbocycles. The van der Waals surface area contributed by atoms with Crippen molar-refractivity contribution in [2.24, 2.45) is 0 Å². The summed E-state index contributed by atoms with van der Waals surface area (Å²) >= 11 is 0. The van der Waals surface area contributed by atoms with Crippen molar-refractivity contribution in [1.82, 2.24) is 0 Å². The summed E-state index contributed by atoms with van der Waals surface area (Å²) in [6, 6.07) is 8.30. The molecule has 0 saturated heterocycles. The summed E-state index contributed by atoms with van der Waals surface area (Å²) in [4.78, 5) is 0. The number of hydrogen-bond donors (Lipinski definition) is 2. The van der Waals surface area contributed by atoms with Gasteiger partial charge in [-0.05, 0) is 18.6 Å². The van der Waals surface area contributed by atoms with Crippen LogP contribution in [0.1, 0.15) is 26.2 Å². The van der Waals surface area contributed by atoms with Crippen LogP contribution in [0.5, 0.6) is 0 Å². The van der Waals surface area contributed by atoms with Crippen LogP contribution in [0.4, 0.5) is 11.4 Å². The quantitative estimate of drug-likeness (QED) is 0.675. The fraction of sp³-hybridized carbons (Fsp3) is 0.500. The monoisotopic (exact) mass is 192 g/mol. The third-order valence-corrected chi connectivity index (χ3v) is 2.29. The van der Waals surface area contributed by atoms with Crippen LogP contribution in [0.15, 0.2) is 24.3 Å². The van der Waals surface area contributed by atoms with Crippen molar-refractivity contribution in [3.63, 3.8) is 0 Å². The standard InChI is InChI=1S/C12H20N2/c1-3-4-7-10-14-12-9-6-5-8-11(12)13-2/h5-6,8-9,13-14H,3-4,7,10H2,1-2H3. The van der Waals surface area contributed by atoms with E-state index in [9.17, 15) is 0 Å². The van der Waals surface area contributed by atoms with Crippen molar-refractivity contribution in [1.29, 1.82) is 0 Å². The topological polar surface area (TPSA) is 24.1 Å². The number of anilines is 2. The predicted octanol–water partition coefficient (Wildman–Crippen LogP) is 3.33. The third-order valence-electron chi connectivity index (χ3n) is 2.29. The van der Waals surface area contributed by atoms with Gasteiger partial charge in [-0.3, -0.25) is 0 Å². The van der Waals surface area contributed by atoms with E-state index in [0.29, 0.717) is 0 Å². The van der Waals surface area contributed by atoms with Crippen LogP contribution in [-0.2, 0) is 0 Å². The molecule has 78 valence electrons. The highest BCUT2D eigenvalue weighted by Crippen LogP contribution is 2.19. The number of benzene rings is 1. The van der Waals surface area contributed by atoms with Crippen LogP contribution in [0.2, 0.25) is 0 Å². The minimum atomic E-state index is 1.06. The maximum atomic E-state index is 3.44. The highest BCUT2D eigenvalue weighted by Gasteiger charge is 1.96. The van der Waals surface area contributed by atoms with E-state index in [4.69, 9.17) is 0 Å². The summed E-state index contributed by atoms with van der Waals surface area (Å²) in [6.45, 7) is 3.29. The smallest absolute Gasteiger partial charge is 0.0575 e. The molecule has 0 amide bonds. The van der Waals surface area contributed by atoms with Gasteiger partial charge in [0.2, 0.25) is 0 Å². The molecule has 0 atom stereocenters. The summed E-state index contributed by atoms with van der Waals surface area (Å²) in [5, 5.41) is 6.61. The lowest BCUT2D eigenvalue weighted by Gasteiger charge is -2.10. The molecule has 14 heavy (non-hydrogen) atoms. The second-order valence-electron chi connectivity index (χ2n) is 3.43. The number of nitrogens with one attached hydrogen (secondary N) is 2. The molecule has 0 aliphatic heterocycles. The summed E-state index contributed by atoms with van der Waals surface area (Å²) in [5.74, 6) is 0. The fourth-order valence-corrected chi connectivity index (χ4v) is 1.45. The molecule has 0 fully saturated rings. The number of rotatable bonds is 6. The molecule has 0 aromatic heterocycles. The van der Waals surface area contributed by atoms with Crippen molar-refractivity contribution >= 4 is 11.4 Å². The van der Waals surface area contributed by atoms with Gasteiger partial charge in [-0.25, -0.2) is 0 Å². The SMILES string of the molecule is CCCCCNc1ccccc1NC. The molecule has 0 saturated carbocycles. The summed E-state index contributed by atoms with van der Waals surface area (Å²) in [6.07, 6.45) is 3.82. The lowest BCUT2D eigenvalue weighted by Crippen LogP contribution is -2.03. The molecule has 0 bridgehead atoms. The van der Waals surface area contributed by atoms with E-state index in [1.165, 1.54) is 30.6 Å². The average molecular weight is 192 g/mol. The molecule has 0 unspecified atom stereocenters. The van der Waals surface area contributed by atoms with Crippen LogP contribution < -0.4 is 10.6 Å². The van der Waals surface area contributed by atoms with Crippen LogP contribution in [-0.4, -0.2) is 13.6 Å². The van der Waals surface area contributed by atoms with E-state index in [1.807, 2.05) is 13.1 Å². The van der Waals surface area contributed by atoms with Gasteiger partial charge in [0.05, 0.1) is 11.4 Å². The molecule has 0 aliphatic rings. The molecule has 0 spiro atoms. The van der Waals surface area contributed by atoms with Gasteiger partial charge >= 0.3 is 0 Å². The maximum Gasteiger partial charge on any atom is 0.0575 e. The molecule has 1 rings (SSSR count). The van der Waals surface area contributed by atoms with Crippen LogP contribution in [0.25, 0.3) is 0 Å². The van der Waals surface area contributed by atoms with E-state index >= 15 is 0 Å². The first-order valence-electron chi connectivity index (χ1n) is 5.39. The predicted molar refractivity (Wildman–Crippen MR) is 64.0 cm³/mol. The molecule has 0 heterocycles. The zero-order valence-corrected chi connectivity index (χ0v) is 9.14. The molecule has 1 aromatic rings. The Hall–Kier alpha value is -1.18. The Labute approximate surface area is 86.7 Å². The first kappa shape index (κ1) is 10.9. The van der Waals surface area contributed by atoms with E-state index in [0.717, 1.165) is 6.54 Å². The molecule has 0 radical (unpaired) electrons. The van der Waals surface area contributed by atoms with Gasteiger partial charge in [-0.15, -0.1) is 0 Å². The van der Waals surface area contributed by atoms with E-state index in [1.54, 1.807) is 0 Å². The van der Waals surface area contributed by atoms with Gasteiger partial charge in [0, 0.05) is 13.6 Å². The normalized spacial score (nSPS) is 9.86. The highest BCUT2D eigenvalue weighted by atomic mass is 14.9. The van der Waals surface area contributed by atoms with Gasteiger partial charge in [-0.2, -0.15) is 0 Å². The van der Waals surface area contributed by atoms with Gasteiger partial charge in [0.25, 0.3) is 0 Å². The molecule has 2 N–H and O–H groups in total. The minimum absolute atomic E-state index is 1.06. The second-order valence-corrected chi connectivity index (χ2v) is 3.43. The van der Waals surface area contributed by atoms with Crippen LogP contribution >= 0.6 is 0 Å². The van der Waals surface area contributed by atoms with Gasteiger partial charge in [0.1, 0.15) is 0 Å². The number of hydrogen-bond acceptors (Lipinski definition) is 2. The molecular formula is C12H20N2. The van der Waals surface area contributed by atoms with Crippen molar-refractivity contribution in [3.8, 4) is 0 Å². The zero-order valence-electron chi connectivity index (χ0n) is 9.14. The number of para-hydroxylation sites is 2. The lowest BCUT2D eigenvalue weighted by molar-refractivity contribution is 0.744. The Balaban J connectivity index is 2.41. The zero-order chi connectivity index (χ0) is 10.2. The highest BCUT2D eigenvalue weighted by molar-refractivity contribution is 5.68. The van der Waals surface area contributed by atoms with Crippen molar-refractivity contribution in [2.45, 2.75) is 26.2 Å². The van der Waals surface area contributed by atoms with Gasteiger partial charge in [0.15, 0.2) is 0 Å². The summed E-state index contributed by atoms with van der Waals surface area (Å²) in [5.41, 5.74) is 2.37. The first-order chi connectivity index (χ1) is 6.88. The Morgan fingerprint density at radius 1 is 1.07 bits per heavy atom. The molecular weight excluding hydrogens is 172 g/mol. The molecule has 2 heteroatoms. The second kappa shape index (κ2) is 6.30. The molecule has 2 nitrogen and oxygen atoms in total.